The number of hydrogen-bond donors (Lipinski definition) is 1. The summed E-state index contributed by atoms with van der Waals surface area (Å²) in [6.45, 7) is 1.07. The third kappa shape index (κ3) is 3.57. The van der Waals surface area contributed by atoms with Crippen molar-refractivity contribution in [3.63, 3.8) is 0 Å². The first kappa shape index (κ1) is 16.0. The summed E-state index contributed by atoms with van der Waals surface area (Å²) in [5.74, 6) is 0.947. The van der Waals surface area contributed by atoms with E-state index in [4.69, 9.17) is 4.18 Å². The molecule has 1 aliphatic heterocycles. The molecule has 126 valence electrons. The highest BCUT2D eigenvalue weighted by Gasteiger charge is 2.28. The van der Waals surface area contributed by atoms with Gasteiger partial charge in [-0.15, -0.1) is 0 Å². The van der Waals surface area contributed by atoms with Gasteiger partial charge in [0.2, 0.25) is 5.88 Å². The molecule has 1 amide bonds. The van der Waals surface area contributed by atoms with Crippen molar-refractivity contribution in [2.45, 2.75) is 32.2 Å². The van der Waals surface area contributed by atoms with E-state index in [1.807, 2.05) is 11.9 Å². The van der Waals surface area contributed by atoms with Crippen LogP contribution in [0.25, 0.3) is 0 Å². The predicted molar refractivity (Wildman–Crippen MR) is 86.1 cm³/mol. The lowest BCUT2D eigenvalue weighted by molar-refractivity contribution is 0.0965. The maximum absolute atomic E-state index is 11.9. The van der Waals surface area contributed by atoms with Crippen LogP contribution in [0, 0.1) is 5.92 Å². The number of carbonyl (C=O) groups is 1. The molecule has 0 spiro atoms. The average molecular weight is 339 g/mol. The second-order valence-corrected chi connectivity index (χ2v) is 7.89. The fourth-order valence-corrected chi connectivity index (χ4v) is 3.68. The molecule has 1 saturated carbocycles. The van der Waals surface area contributed by atoms with E-state index in [2.05, 4.69) is 10.3 Å². The highest BCUT2D eigenvalue weighted by Crippen LogP contribution is 2.31. The molecule has 0 atom stereocenters. The molecular formula is C15H21N3O4S. The highest BCUT2D eigenvalue weighted by atomic mass is 32.2. The standard InChI is InChI=1S/C15H21N3O4S/c1-18(9-10-5-3-4-6-10)13-7-11-12(8-16-14(11)19)15(17-13)22-23(2,20)21/h7,10H,3-6,8-9H2,1-2H3,(H,16,19). The molecule has 3 rings (SSSR count). The summed E-state index contributed by atoms with van der Waals surface area (Å²) < 4.78 is 27.9. The fraction of sp³-hybridized carbons (Fsp3) is 0.600. The molecule has 0 bridgehead atoms. The summed E-state index contributed by atoms with van der Waals surface area (Å²) in [6.07, 6.45) is 5.87. The molecule has 1 fully saturated rings. The summed E-state index contributed by atoms with van der Waals surface area (Å²) in [4.78, 5) is 18.2. The van der Waals surface area contributed by atoms with Gasteiger partial charge in [-0.2, -0.15) is 13.4 Å². The van der Waals surface area contributed by atoms with Crippen LogP contribution in [0.5, 0.6) is 5.88 Å². The number of pyridine rings is 1. The number of anilines is 1. The minimum absolute atomic E-state index is 0.00313. The van der Waals surface area contributed by atoms with Crippen molar-refractivity contribution < 1.29 is 17.4 Å². The predicted octanol–water partition coefficient (Wildman–Crippen LogP) is 1.29. The number of amides is 1. The lowest BCUT2D eigenvalue weighted by atomic mass is 10.1. The van der Waals surface area contributed by atoms with Gasteiger partial charge in [0, 0.05) is 25.7 Å². The van der Waals surface area contributed by atoms with Crippen LogP contribution in [0.3, 0.4) is 0 Å². The minimum atomic E-state index is -3.70. The monoisotopic (exact) mass is 339 g/mol. The number of nitrogens with zero attached hydrogens (tertiary/aromatic N) is 2. The largest absolute Gasteiger partial charge is 0.361 e. The molecule has 0 aromatic carbocycles. The molecular weight excluding hydrogens is 318 g/mol. The van der Waals surface area contributed by atoms with Crippen LogP contribution in [0.15, 0.2) is 6.07 Å². The normalized spacial score (nSPS) is 17.9. The van der Waals surface area contributed by atoms with E-state index in [1.165, 1.54) is 25.7 Å². The van der Waals surface area contributed by atoms with Crippen LogP contribution in [0.4, 0.5) is 5.82 Å². The van der Waals surface area contributed by atoms with Gasteiger partial charge in [0.1, 0.15) is 5.82 Å². The smallest absolute Gasteiger partial charge is 0.307 e. The molecule has 1 aromatic heterocycles. The molecule has 0 radical (unpaired) electrons. The number of fused-ring (bicyclic) bond motifs is 1. The molecule has 0 unspecified atom stereocenters. The van der Waals surface area contributed by atoms with Gasteiger partial charge in [0.15, 0.2) is 0 Å². The summed E-state index contributed by atoms with van der Waals surface area (Å²) in [5.41, 5.74) is 0.936. The Balaban J connectivity index is 1.92. The number of carbonyl (C=O) groups excluding carboxylic acids is 1. The molecule has 2 heterocycles. The molecule has 1 aliphatic carbocycles. The Morgan fingerprint density at radius 1 is 1.39 bits per heavy atom. The van der Waals surface area contributed by atoms with Gasteiger partial charge in [-0.05, 0) is 24.8 Å². The third-order valence-electron chi connectivity index (χ3n) is 4.37. The molecule has 1 aromatic rings. The zero-order chi connectivity index (χ0) is 16.6. The summed E-state index contributed by atoms with van der Waals surface area (Å²) in [6, 6.07) is 1.71. The Hall–Kier alpha value is -1.83. The maximum Gasteiger partial charge on any atom is 0.307 e. The van der Waals surface area contributed by atoms with Crippen LogP contribution < -0.4 is 14.4 Å². The molecule has 23 heavy (non-hydrogen) atoms. The van der Waals surface area contributed by atoms with E-state index in [-0.39, 0.29) is 18.3 Å². The molecule has 1 N–H and O–H groups in total. The van der Waals surface area contributed by atoms with Crippen molar-refractivity contribution in [1.82, 2.24) is 10.3 Å². The minimum Gasteiger partial charge on any atom is -0.361 e. The molecule has 7 nitrogen and oxygen atoms in total. The van der Waals surface area contributed by atoms with Crippen molar-refractivity contribution in [2.24, 2.45) is 5.92 Å². The summed E-state index contributed by atoms with van der Waals surface area (Å²) in [5, 5.41) is 2.68. The van der Waals surface area contributed by atoms with Crippen molar-refractivity contribution in [3.05, 3.63) is 17.2 Å². The first-order valence-corrected chi connectivity index (χ1v) is 9.58. The van der Waals surface area contributed by atoms with E-state index < -0.39 is 10.1 Å². The zero-order valence-corrected chi connectivity index (χ0v) is 14.1. The van der Waals surface area contributed by atoms with Crippen LogP contribution >= 0.6 is 0 Å². The van der Waals surface area contributed by atoms with Gasteiger partial charge in [-0.25, -0.2) is 0 Å². The summed E-state index contributed by atoms with van der Waals surface area (Å²) >= 11 is 0. The van der Waals surface area contributed by atoms with Gasteiger partial charge in [-0.3, -0.25) is 4.79 Å². The SMILES string of the molecule is CN(CC1CCCC1)c1cc2c(c(OS(C)(=O)=O)n1)CNC2=O. The average Bonchev–Trinajstić information content (AvgIpc) is 3.08. The van der Waals surface area contributed by atoms with E-state index in [0.29, 0.717) is 22.9 Å². The number of hydrogen-bond acceptors (Lipinski definition) is 6. The van der Waals surface area contributed by atoms with Crippen LogP contribution in [-0.4, -0.2) is 39.2 Å². The van der Waals surface area contributed by atoms with E-state index in [1.54, 1.807) is 6.07 Å². The Morgan fingerprint density at radius 3 is 2.74 bits per heavy atom. The topological polar surface area (TPSA) is 88.6 Å². The lowest BCUT2D eigenvalue weighted by Gasteiger charge is -2.23. The van der Waals surface area contributed by atoms with Crippen LogP contribution in [-0.2, 0) is 16.7 Å². The van der Waals surface area contributed by atoms with Gasteiger partial charge in [0.25, 0.3) is 5.91 Å². The molecule has 0 saturated heterocycles. The quantitative estimate of drug-likeness (QED) is 0.813. The Morgan fingerprint density at radius 2 is 2.09 bits per heavy atom. The second-order valence-electron chi connectivity index (χ2n) is 6.31. The van der Waals surface area contributed by atoms with E-state index in [9.17, 15) is 13.2 Å². The number of aromatic nitrogens is 1. The van der Waals surface area contributed by atoms with Gasteiger partial charge in [0.05, 0.1) is 11.8 Å². The number of nitrogens with one attached hydrogen (secondary N) is 1. The van der Waals surface area contributed by atoms with Gasteiger partial charge >= 0.3 is 10.1 Å². The van der Waals surface area contributed by atoms with Crippen LogP contribution in [0.1, 0.15) is 41.6 Å². The second kappa shape index (κ2) is 5.99. The van der Waals surface area contributed by atoms with Crippen molar-refractivity contribution in [1.29, 1.82) is 0 Å². The van der Waals surface area contributed by atoms with Crippen molar-refractivity contribution in [2.75, 3.05) is 24.7 Å². The zero-order valence-electron chi connectivity index (χ0n) is 13.3. The maximum atomic E-state index is 11.9. The Kier molecular flexibility index (Phi) is 4.18. The van der Waals surface area contributed by atoms with Gasteiger partial charge in [-0.1, -0.05) is 12.8 Å². The van der Waals surface area contributed by atoms with Crippen LogP contribution in [0.2, 0.25) is 0 Å². The van der Waals surface area contributed by atoms with E-state index in [0.717, 1.165) is 12.8 Å². The fourth-order valence-electron chi connectivity index (χ4n) is 3.25. The molecule has 8 heteroatoms. The first-order valence-electron chi connectivity index (χ1n) is 7.76. The van der Waals surface area contributed by atoms with Gasteiger partial charge < -0.3 is 14.4 Å². The Bertz CT molecular complexity index is 726. The molecule has 2 aliphatic rings. The lowest BCUT2D eigenvalue weighted by Crippen LogP contribution is -2.25. The van der Waals surface area contributed by atoms with Crippen molar-refractivity contribution in [3.8, 4) is 5.88 Å². The third-order valence-corrected chi connectivity index (χ3v) is 4.83. The first-order chi connectivity index (χ1) is 10.8. The number of rotatable bonds is 5. The van der Waals surface area contributed by atoms with Crippen molar-refractivity contribution >= 4 is 21.8 Å². The Labute approximate surface area is 136 Å². The summed E-state index contributed by atoms with van der Waals surface area (Å²) in [7, 11) is -1.79. The highest BCUT2D eigenvalue weighted by molar-refractivity contribution is 7.86. The van der Waals surface area contributed by atoms with E-state index >= 15 is 0 Å².